The fourth-order valence-electron chi connectivity index (χ4n) is 1.87. The van der Waals surface area contributed by atoms with Gasteiger partial charge in [-0.2, -0.15) is 0 Å². The van der Waals surface area contributed by atoms with Crippen LogP contribution in [0, 0.1) is 6.92 Å². The molecule has 2 rings (SSSR count). The van der Waals surface area contributed by atoms with Crippen molar-refractivity contribution >= 4 is 10.0 Å². The highest BCUT2D eigenvalue weighted by Crippen LogP contribution is 2.10. The van der Waals surface area contributed by atoms with Gasteiger partial charge in [-0.15, -0.1) is 0 Å². The molecule has 0 amide bonds. The SMILES string of the molecule is Cc1ccc(S(=O)(=O)NCCc2cccn2C)cc1. The van der Waals surface area contributed by atoms with Crippen LogP contribution in [0.3, 0.4) is 0 Å². The smallest absolute Gasteiger partial charge is 0.240 e. The number of hydrogen-bond donors (Lipinski definition) is 1. The number of nitrogens with one attached hydrogen (secondary N) is 1. The van der Waals surface area contributed by atoms with Crippen molar-refractivity contribution in [3.8, 4) is 0 Å². The normalized spacial score (nSPS) is 11.7. The van der Waals surface area contributed by atoms with Crippen LogP contribution in [-0.2, 0) is 23.5 Å². The van der Waals surface area contributed by atoms with Crippen LogP contribution in [0.1, 0.15) is 11.3 Å². The second kappa shape index (κ2) is 5.59. The molecule has 0 saturated heterocycles. The molecule has 1 heterocycles. The van der Waals surface area contributed by atoms with E-state index >= 15 is 0 Å². The Morgan fingerprint density at radius 1 is 1.16 bits per heavy atom. The molecule has 0 aliphatic heterocycles. The van der Waals surface area contributed by atoms with Crippen LogP contribution in [0.5, 0.6) is 0 Å². The third kappa shape index (κ3) is 3.45. The van der Waals surface area contributed by atoms with Crippen molar-refractivity contribution in [1.82, 2.24) is 9.29 Å². The molecule has 4 nitrogen and oxygen atoms in total. The lowest BCUT2D eigenvalue weighted by molar-refractivity contribution is 0.580. The zero-order valence-corrected chi connectivity index (χ0v) is 11.9. The zero-order valence-electron chi connectivity index (χ0n) is 11.1. The third-order valence-electron chi connectivity index (χ3n) is 3.06. The minimum atomic E-state index is -3.40. The van der Waals surface area contributed by atoms with Crippen LogP contribution in [-0.4, -0.2) is 19.5 Å². The van der Waals surface area contributed by atoms with Crippen molar-refractivity contribution in [3.63, 3.8) is 0 Å². The maximum absolute atomic E-state index is 12.0. The number of aromatic nitrogens is 1. The van der Waals surface area contributed by atoms with Crippen molar-refractivity contribution < 1.29 is 8.42 Å². The van der Waals surface area contributed by atoms with E-state index in [9.17, 15) is 8.42 Å². The van der Waals surface area contributed by atoms with Gasteiger partial charge >= 0.3 is 0 Å². The summed E-state index contributed by atoms with van der Waals surface area (Å²) in [5.74, 6) is 0. The molecule has 1 aromatic carbocycles. The molecular formula is C14H18N2O2S. The van der Waals surface area contributed by atoms with Gasteiger partial charge in [0.25, 0.3) is 0 Å². The van der Waals surface area contributed by atoms with Crippen LogP contribution >= 0.6 is 0 Å². The highest BCUT2D eigenvalue weighted by molar-refractivity contribution is 7.89. The van der Waals surface area contributed by atoms with E-state index in [0.717, 1.165) is 11.3 Å². The standard InChI is InChI=1S/C14H18N2O2S/c1-12-5-7-14(8-6-12)19(17,18)15-10-9-13-4-3-11-16(13)2/h3-8,11,15H,9-10H2,1-2H3. The largest absolute Gasteiger partial charge is 0.354 e. The van der Waals surface area contributed by atoms with Gasteiger partial charge < -0.3 is 4.57 Å². The summed E-state index contributed by atoms with van der Waals surface area (Å²) in [7, 11) is -1.45. The maximum Gasteiger partial charge on any atom is 0.240 e. The van der Waals surface area contributed by atoms with Crippen molar-refractivity contribution in [2.45, 2.75) is 18.2 Å². The van der Waals surface area contributed by atoms with Crippen LogP contribution < -0.4 is 4.72 Å². The molecule has 1 N–H and O–H groups in total. The Hall–Kier alpha value is -1.59. The molecule has 0 fully saturated rings. The molecule has 0 aliphatic carbocycles. The van der Waals surface area contributed by atoms with E-state index in [1.54, 1.807) is 24.3 Å². The van der Waals surface area contributed by atoms with Gasteiger partial charge in [-0.3, -0.25) is 0 Å². The number of benzene rings is 1. The average molecular weight is 278 g/mol. The second-order valence-corrected chi connectivity index (χ2v) is 6.34. The van der Waals surface area contributed by atoms with E-state index in [2.05, 4.69) is 4.72 Å². The van der Waals surface area contributed by atoms with Gasteiger partial charge in [0.2, 0.25) is 10.0 Å². The number of hydrogen-bond acceptors (Lipinski definition) is 2. The molecule has 0 atom stereocenters. The number of rotatable bonds is 5. The fourth-order valence-corrected chi connectivity index (χ4v) is 2.90. The first kappa shape index (κ1) is 13.8. The van der Waals surface area contributed by atoms with Crippen LogP contribution in [0.25, 0.3) is 0 Å². The van der Waals surface area contributed by atoms with Crippen molar-refractivity contribution in [3.05, 3.63) is 53.9 Å². The predicted octanol–water partition coefficient (Wildman–Crippen LogP) is 1.85. The molecule has 0 radical (unpaired) electrons. The predicted molar refractivity (Wildman–Crippen MR) is 75.5 cm³/mol. The number of nitrogens with zero attached hydrogens (tertiary/aromatic N) is 1. The molecule has 1 aromatic heterocycles. The quantitative estimate of drug-likeness (QED) is 0.907. The van der Waals surface area contributed by atoms with E-state index in [1.807, 2.05) is 36.9 Å². The average Bonchev–Trinajstić information content (AvgIpc) is 2.75. The number of aryl methyl sites for hydroxylation is 2. The molecule has 2 aromatic rings. The summed E-state index contributed by atoms with van der Waals surface area (Å²) in [6.45, 7) is 2.33. The maximum atomic E-state index is 12.0. The first-order valence-corrected chi connectivity index (χ1v) is 7.64. The molecule has 0 unspecified atom stereocenters. The van der Waals surface area contributed by atoms with Gasteiger partial charge in [-0.05, 0) is 31.2 Å². The fraction of sp³-hybridized carbons (Fsp3) is 0.286. The molecule has 0 aliphatic rings. The first-order chi connectivity index (χ1) is 8.99. The van der Waals surface area contributed by atoms with E-state index in [-0.39, 0.29) is 0 Å². The lowest BCUT2D eigenvalue weighted by Crippen LogP contribution is -2.26. The third-order valence-corrected chi connectivity index (χ3v) is 4.53. The van der Waals surface area contributed by atoms with Crippen LogP contribution in [0.4, 0.5) is 0 Å². The van der Waals surface area contributed by atoms with Crippen molar-refractivity contribution in [2.24, 2.45) is 7.05 Å². The van der Waals surface area contributed by atoms with Gasteiger partial charge in [0.15, 0.2) is 0 Å². The summed E-state index contributed by atoms with van der Waals surface area (Å²) >= 11 is 0. The summed E-state index contributed by atoms with van der Waals surface area (Å²) in [6.07, 6.45) is 2.62. The minimum absolute atomic E-state index is 0.310. The number of sulfonamides is 1. The molecule has 19 heavy (non-hydrogen) atoms. The molecule has 0 bridgehead atoms. The van der Waals surface area contributed by atoms with Gasteiger partial charge in [-0.25, -0.2) is 13.1 Å². The van der Waals surface area contributed by atoms with Gasteiger partial charge in [0.1, 0.15) is 0 Å². The van der Waals surface area contributed by atoms with Crippen LogP contribution in [0.15, 0.2) is 47.5 Å². The Labute approximate surface area is 114 Å². The first-order valence-electron chi connectivity index (χ1n) is 6.15. The van der Waals surface area contributed by atoms with Crippen molar-refractivity contribution in [1.29, 1.82) is 0 Å². The highest BCUT2D eigenvalue weighted by atomic mass is 32.2. The van der Waals surface area contributed by atoms with Crippen LogP contribution in [0.2, 0.25) is 0 Å². The Balaban J connectivity index is 1.98. The topological polar surface area (TPSA) is 51.1 Å². The second-order valence-electron chi connectivity index (χ2n) is 4.57. The summed E-state index contributed by atoms with van der Waals surface area (Å²) in [4.78, 5) is 0.310. The molecule has 102 valence electrons. The Kier molecular flexibility index (Phi) is 4.07. The Morgan fingerprint density at radius 2 is 1.84 bits per heavy atom. The lowest BCUT2D eigenvalue weighted by Gasteiger charge is -2.07. The molecule has 0 spiro atoms. The van der Waals surface area contributed by atoms with Crippen molar-refractivity contribution in [2.75, 3.05) is 6.54 Å². The summed E-state index contributed by atoms with van der Waals surface area (Å²) in [5.41, 5.74) is 2.15. The Morgan fingerprint density at radius 3 is 2.42 bits per heavy atom. The lowest BCUT2D eigenvalue weighted by atomic mass is 10.2. The summed E-state index contributed by atoms with van der Waals surface area (Å²) < 4.78 is 28.7. The van der Waals surface area contributed by atoms with E-state index in [0.29, 0.717) is 17.9 Å². The van der Waals surface area contributed by atoms with E-state index in [1.165, 1.54) is 0 Å². The van der Waals surface area contributed by atoms with E-state index in [4.69, 9.17) is 0 Å². The Bertz CT molecular complexity index is 642. The van der Waals surface area contributed by atoms with Gasteiger partial charge in [0.05, 0.1) is 4.90 Å². The monoisotopic (exact) mass is 278 g/mol. The molecular weight excluding hydrogens is 260 g/mol. The molecule has 5 heteroatoms. The van der Waals surface area contributed by atoms with Gasteiger partial charge in [-0.1, -0.05) is 17.7 Å². The summed E-state index contributed by atoms with van der Waals surface area (Å²) in [5, 5.41) is 0. The molecule has 0 saturated carbocycles. The van der Waals surface area contributed by atoms with E-state index < -0.39 is 10.0 Å². The summed E-state index contributed by atoms with van der Waals surface area (Å²) in [6, 6.07) is 10.8. The zero-order chi connectivity index (χ0) is 13.9. The highest BCUT2D eigenvalue weighted by Gasteiger charge is 2.12. The van der Waals surface area contributed by atoms with Gasteiger partial charge in [0, 0.05) is 31.9 Å². The minimum Gasteiger partial charge on any atom is -0.354 e.